The third-order valence-corrected chi connectivity index (χ3v) is 5.31. The highest BCUT2D eigenvalue weighted by Crippen LogP contribution is 2.30. The number of amides is 2. The molecule has 0 spiro atoms. The first-order valence-corrected chi connectivity index (χ1v) is 10.4. The Kier molecular flexibility index (Phi) is 5.70. The van der Waals surface area contributed by atoms with Crippen molar-refractivity contribution in [1.29, 1.82) is 0 Å². The van der Waals surface area contributed by atoms with Crippen molar-refractivity contribution in [3.63, 3.8) is 0 Å². The van der Waals surface area contributed by atoms with Crippen LogP contribution < -0.4 is 16.3 Å². The predicted molar refractivity (Wildman–Crippen MR) is 116 cm³/mol. The molecule has 156 valence electrons. The predicted octanol–water partition coefficient (Wildman–Crippen LogP) is 2.88. The number of para-hydroxylation sites is 2. The van der Waals surface area contributed by atoms with E-state index in [-0.39, 0.29) is 30.0 Å². The van der Waals surface area contributed by atoms with E-state index in [1.807, 2.05) is 55.5 Å². The second-order valence-electron chi connectivity index (χ2n) is 7.75. The molecule has 30 heavy (non-hydrogen) atoms. The van der Waals surface area contributed by atoms with Gasteiger partial charge in [-0.25, -0.2) is 4.79 Å². The zero-order chi connectivity index (χ0) is 21.1. The van der Waals surface area contributed by atoms with Gasteiger partial charge in [0.25, 0.3) is 0 Å². The molecular formula is C23H26N4O3. The van der Waals surface area contributed by atoms with Crippen molar-refractivity contribution in [2.75, 3.05) is 5.32 Å². The minimum absolute atomic E-state index is 0.0336. The molecular weight excluding hydrogens is 380 g/mol. The SMILES string of the molecule is CCCn1c(=O)n(CC(=O)NCc2cccc(NC(=O)C3CC3)c2)c2ccccc21. The quantitative estimate of drug-likeness (QED) is 0.603. The molecule has 0 atom stereocenters. The van der Waals surface area contributed by atoms with Crippen LogP contribution in [0.3, 0.4) is 0 Å². The maximum atomic E-state index is 12.8. The van der Waals surface area contributed by atoms with Gasteiger partial charge in [0, 0.05) is 24.7 Å². The van der Waals surface area contributed by atoms with E-state index in [0.717, 1.165) is 41.5 Å². The topological polar surface area (TPSA) is 85.1 Å². The number of anilines is 1. The van der Waals surface area contributed by atoms with Crippen LogP contribution in [-0.4, -0.2) is 20.9 Å². The highest BCUT2D eigenvalue weighted by molar-refractivity contribution is 5.94. The Morgan fingerprint density at radius 2 is 1.77 bits per heavy atom. The van der Waals surface area contributed by atoms with Crippen molar-refractivity contribution in [3.05, 3.63) is 64.6 Å². The van der Waals surface area contributed by atoms with E-state index in [9.17, 15) is 14.4 Å². The summed E-state index contributed by atoms with van der Waals surface area (Å²) in [6.45, 7) is 2.93. The first-order valence-electron chi connectivity index (χ1n) is 10.4. The van der Waals surface area contributed by atoms with Crippen LogP contribution in [0.2, 0.25) is 0 Å². The molecule has 7 nitrogen and oxygen atoms in total. The van der Waals surface area contributed by atoms with Crippen LogP contribution in [0.1, 0.15) is 31.7 Å². The summed E-state index contributed by atoms with van der Waals surface area (Å²) < 4.78 is 3.24. The van der Waals surface area contributed by atoms with Gasteiger partial charge in [0.1, 0.15) is 6.54 Å². The zero-order valence-electron chi connectivity index (χ0n) is 17.1. The molecule has 7 heteroatoms. The van der Waals surface area contributed by atoms with E-state index >= 15 is 0 Å². The molecule has 4 rings (SSSR count). The molecule has 1 heterocycles. The lowest BCUT2D eigenvalue weighted by molar-refractivity contribution is -0.122. The van der Waals surface area contributed by atoms with E-state index in [1.54, 1.807) is 4.57 Å². The van der Waals surface area contributed by atoms with Gasteiger partial charge < -0.3 is 10.6 Å². The van der Waals surface area contributed by atoms with E-state index < -0.39 is 0 Å². The molecule has 1 saturated carbocycles. The smallest absolute Gasteiger partial charge is 0.329 e. The minimum atomic E-state index is -0.232. The average Bonchev–Trinajstić information content (AvgIpc) is 3.57. The number of carbonyl (C=O) groups is 2. The highest BCUT2D eigenvalue weighted by Gasteiger charge is 2.29. The summed E-state index contributed by atoms with van der Waals surface area (Å²) in [5, 5.41) is 5.79. The second-order valence-corrected chi connectivity index (χ2v) is 7.75. The maximum Gasteiger partial charge on any atom is 0.329 e. The number of benzene rings is 2. The summed E-state index contributed by atoms with van der Waals surface area (Å²) in [4.78, 5) is 37.3. The van der Waals surface area contributed by atoms with Crippen LogP contribution in [0.25, 0.3) is 11.0 Å². The number of rotatable bonds is 8. The van der Waals surface area contributed by atoms with Gasteiger partial charge in [0.05, 0.1) is 11.0 Å². The van der Waals surface area contributed by atoms with Crippen LogP contribution >= 0.6 is 0 Å². The van der Waals surface area contributed by atoms with Gasteiger partial charge in [0.15, 0.2) is 0 Å². The fraction of sp³-hybridized carbons (Fsp3) is 0.348. The molecule has 1 fully saturated rings. The van der Waals surface area contributed by atoms with Gasteiger partial charge >= 0.3 is 5.69 Å². The standard InChI is InChI=1S/C23H26N4O3/c1-2-12-26-19-8-3-4-9-20(19)27(23(26)30)15-21(28)24-14-16-6-5-7-18(13-16)25-22(29)17-10-11-17/h3-9,13,17H,2,10-12,14-15H2,1H3,(H,24,28)(H,25,29). The van der Waals surface area contributed by atoms with Crippen molar-refractivity contribution in [3.8, 4) is 0 Å². The molecule has 2 amide bonds. The largest absolute Gasteiger partial charge is 0.350 e. The zero-order valence-corrected chi connectivity index (χ0v) is 17.1. The molecule has 0 radical (unpaired) electrons. The van der Waals surface area contributed by atoms with Crippen molar-refractivity contribution >= 4 is 28.5 Å². The summed E-state index contributed by atoms with van der Waals surface area (Å²) >= 11 is 0. The molecule has 2 N–H and O–H groups in total. The van der Waals surface area contributed by atoms with Gasteiger partial charge in [-0.3, -0.25) is 18.7 Å². The Morgan fingerprint density at radius 3 is 2.47 bits per heavy atom. The summed E-state index contributed by atoms with van der Waals surface area (Å²) in [6.07, 6.45) is 2.75. The van der Waals surface area contributed by atoms with Crippen LogP contribution in [0.5, 0.6) is 0 Å². The lowest BCUT2D eigenvalue weighted by Crippen LogP contribution is -2.32. The van der Waals surface area contributed by atoms with Crippen molar-refractivity contribution in [2.45, 2.75) is 45.8 Å². The fourth-order valence-electron chi connectivity index (χ4n) is 3.61. The first kappa shape index (κ1) is 19.9. The summed E-state index contributed by atoms with van der Waals surface area (Å²) in [7, 11) is 0. The number of imidazole rings is 1. The normalized spacial score (nSPS) is 13.4. The Labute approximate surface area is 174 Å². The number of hydrogen-bond donors (Lipinski definition) is 2. The van der Waals surface area contributed by atoms with Gasteiger partial charge in [0.2, 0.25) is 11.8 Å². The first-order chi connectivity index (χ1) is 14.6. The van der Waals surface area contributed by atoms with Crippen LogP contribution in [0.15, 0.2) is 53.3 Å². The summed E-state index contributed by atoms with van der Waals surface area (Å²) in [6, 6.07) is 15.0. The highest BCUT2D eigenvalue weighted by atomic mass is 16.2. The van der Waals surface area contributed by atoms with Crippen LogP contribution in [0, 0.1) is 5.92 Å². The number of carbonyl (C=O) groups excluding carboxylic acids is 2. The molecule has 0 unspecified atom stereocenters. The molecule has 0 saturated heterocycles. The van der Waals surface area contributed by atoms with Gasteiger partial charge in [-0.05, 0) is 49.1 Å². The number of nitrogens with zero attached hydrogens (tertiary/aromatic N) is 2. The minimum Gasteiger partial charge on any atom is -0.350 e. The lowest BCUT2D eigenvalue weighted by Gasteiger charge is -2.09. The second kappa shape index (κ2) is 8.57. The monoisotopic (exact) mass is 406 g/mol. The average molecular weight is 406 g/mol. The number of fused-ring (bicyclic) bond motifs is 1. The molecule has 3 aromatic rings. The Hall–Kier alpha value is -3.35. The maximum absolute atomic E-state index is 12.8. The third kappa shape index (κ3) is 4.30. The van der Waals surface area contributed by atoms with Crippen molar-refractivity contribution < 1.29 is 9.59 Å². The summed E-state index contributed by atoms with van der Waals surface area (Å²) in [5.41, 5.74) is 3.06. The Balaban J connectivity index is 1.43. The molecule has 1 aliphatic rings. The van der Waals surface area contributed by atoms with Crippen molar-refractivity contribution in [1.82, 2.24) is 14.5 Å². The number of aromatic nitrogens is 2. The molecule has 2 aromatic carbocycles. The van der Waals surface area contributed by atoms with Gasteiger partial charge in [-0.15, -0.1) is 0 Å². The van der Waals surface area contributed by atoms with E-state index in [2.05, 4.69) is 10.6 Å². The number of nitrogens with one attached hydrogen (secondary N) is 2. The van der Waals surface area contributed by atoms with E-state index in [4.69, 9.17) is 0 Å². The fourth-order valence-corrected chi connectivity index (χ4v) is 3.61. The van der Waals surface area contributed by atoms with Crippen LogP contribution in [0.4, 0.5) is 5.69 Å². The number of aryl methyl sites for hydroxylation is 1. The van der Waals surface area contributed by atoms with Crippen LogP contribution in [-0.2, 0) is 29.2 Å². The van der Waals surface area contributed by atoms with Crippen molar-refractivity contribution in [2.24, 2.45) is 5.92 Å². The molecule has 1 aromatic heterocycles. The Morgan fingerprint density at radius 1 is 1.03 bits per heavy atom. The summed E-state index contributed by atoms with van der Waals surface area (Å²) in [5.74, 6) is -0.0375. The number of hydrogen-bond acceptors (Lipinski definition) is 3. The van der Waals surface area contributed by atoms with Gasteiger partial charge in [-0.1, -0.05) is 31.2 Å². The lowest BCUT2D eigenvalue weighted by atomic mass is 10.2. The van der Waals surface area contributed by atoms with Gasteiger partial charge in [-0.2, -0.15) is 0 Å². The molecule has 0 bridgehead atoms. The van der Waals surface area contributed by atoms with E-state index in [0.29, 0.717) is 13.1 Å². The molecule has 1 aliphatic carbocycles. The third-order valence-electron chi connectivity index (χ3n) is 5.31. The Bertz CT molecular complexity index is 1140. The van der Waals surface area contributed by atoms with E-state index in [1.165, 1.54) is 4.57 Å². The molecule has 0 aliphatic heterocycles.